The van der Waals surface area contributed by atoms with Crippen molar-refractivity contribution in [3.63, 3.8) is 0 Å². The molecule has 0 aliphatic carbocycles. The fourth-order valence-electron chi connectivity index (χ4n) is 3.69. The van der Waals surface area contributed by atoms with Crippen molar-refractivity contribution in [2.45, 2.75) is 30.1 Å². The molecule has 2 atom stereocenters. The van der Waals surface area contributed by atoms with Gasteiger partial charge in [-0.1, -0.05) is 11.6 Å². The van der Waals surface area contributed by atoms with Crippen LogP contribution in [0, 0.1) is 5.82 Å². The van der Waals surface area contributed by atoms with Crippen molar-refractivity contribution in [2.75, 3.05) is 24.2 Å². The second-order valence-corrected chi connectivity index (χ2v) is 8.84. The molecular formula is C15H15ClFN5O3S. The van der Waals surface area contributed by atoms with Crippen molar-refractivity contribution in [1.82, 2.24) is 19.9 Å². The summed E-state index contributed by atoms with van der Waals surface area (Å²) in [7, 11) is -3.76. The van der Waals surface area contributed by atoms with Gasteiger partial charge in [0.1, 0.15) is 11.3 Å². The number of carbonyl (C=O) groups is 1. The van der Waals surface area contributed by atoms with E-state index < -0.39 is 20.8 Å². The van der Waals surface area contributed by atoms with Crippen LogP contribution < -0.4 is 4.90 Å². The van der Waals surface area contributed by atoms with Gasteiger partial charge in [0.25, 0.3) is 0 Å². The first-order chi connectivity index (χ1) is 12.3. The van der Waals surface area contributed by atoms with E-state index in [1.165, 1.54) is 6.20 Å². The molecule has 4 rings (SSSR count). The maximum atomic E-state index is 14.4. The van der Waals surface area contributed by atoms with Crippen LogP contribution in [0.5, 0.6) is 0 Å². The minimum absolute atomic E-state index is 0.0167. The fourth-order valence-corrected chi connectivity index (χ4v) is 4.33. The molecule has 11 heteroatoms. The van der Waals surface area contributed by atoms with Crippen LogP contribution in [0.15, 0.2) is 11.4 Å². The summed E-state index contributed by atoms with van der Waals surface area (Å²) in [6.45, 7) is 0.962. The van der Waals surface area contributed by atoms with Gasteiger partial charge in [-0.05, 0) is 12.8 Å². The molecule has 2 unspecified atom stereocenters. The van der Waals surface area contributed by atoms with Crippen molar-refractivity contribution in [3.8, 4) is 0 Å². The Hall–Kier alpha value is -2.07. The summed E-state index contributed by atoms with van der Waals surface area (Å²) in [5, 5.41) is -0.558. The van der Waals surface area contributed by atoms with Gasteiger partial charge in [-0.25, -0.2) is 27.8 Å². The zero-order valence-corrected chi connectivity index (χ0v) is 15.3. The largest absolute Gasteiger partial charge is 0.352 e. The molecule has 8 nitrogen and oxygen atoms in total. The molecule has 2 bridgehead atoms. The highest BCUT2D eigenvalue weighted by atomic mass is 35.5. The van der Waals surface area contributed by atoms with Crippen LogP contribution in [0.4, 0.5) is 10.2 Å². The molecule has 0 radical (unpaired) electrons. The number of pyridine rings is 1. The van der Waals surface area contributed by atoms with E-state index in [2.05, 4.69) is 15.0 Å². The molecule has 0 aromatic carbocycles. The average molecular weight is 400 g/mol. The smallest absolute Gasteiger partial charge is 0.249 e. The maximum Gasteiger partial charge on any atom is 0.249 e. The Balaban J connectivity index is 1.89. The molecule has 0 saturated carbocycles. The summed E-state index contributed by atoms with van der Waals surface area (Å²) >= 11 is 5.73. The molecule has 2 aliphatic rings. The Morgan fingerprint density at radius 2 is 1.92 bits per heavy atom. The second-order valence-electron chi connectivity index (χ2n) is 6.57. The predicted molar refractivity (Wildman–Crippen MR) is 92.3 cm³/mol. The standard InChI is InChI=1S/C15H15ClFN5O3S/c1-26(24,25)15-19-12-10(4-18-13(16)11(12)17)14(20-15)21-5-8-2-3-9(6-21)22(8)7-23/h4,7-9H,2-3,5-6H2,1H3. The van der Waals surface area contributed by atoms with Crippen molar-refractivity contribution in [2.24, 2.45) is 0 Å². The Labute approximate surface area is 153 Å². The molecule has 138 valence electrons. The number of anilines is 1. The lowest BCUT2D eigenvalue weighted by molar-refractivity contribution is -0.121. The van der Waals surface area contributed by atoms with Crippen LogP contribution in [0.25, 0.3) is 10.9 Å². The third kappa shape index (κ3) is 2.67. The molecule has 4 heterocycles. The van der Waals surface area contributed by atoms with E-state index in [0.717, 1.165) is 25.5 Å². The normalized spacial score (nSPS) is 22.9. The SMILES string of the molecule is CS(=O)(=O)c1nc(N2CC3CCC(C2)N3C=O)c2cnc(Cl)c(F)c2n1. The lowest BCUT2D eigenvalue weighted by atomic mass is 10.2. The third-order valence-corrected chi connectivity index (χ3v) is 6.00. The highest BCUT2D eigenvalue weighted by Gasteiger charge is 2.40. The van der Waals surface area contributed by atoms with Crippen LogP contribution in [-0.4, -0.2) is 66.1 Å². The summed E-state index contributed by atoms with van der Waals surface area (Å²) in [6.07, 6.45) is 4.88. The maximum absolute atomic E-state index is 14.4. The molecule has 2 aliphatic heterocycles. The van der Waals surface area contributed by atoms with Crippen molar-refractivity contribution in [3.05, 3.63) is 17.2 Å². The lowest BCUT2D eigenvalue weighted by Crippen LogP contribution is -2.53. The van der Waals surface area contributed by atoms with Crippen LogP contribution >= 0.6 is 11.6 Å². The summed E-state index contributed by atoms with van der Waals surface area (Å²) in [5.74, 6) is -0.590. The van der Waals surface area contributed by atoms with Crippen molar-refractivity contribution < 1.29 is 17.6 Å². The molecule has 0 N–H and O–H groups in total. The highest BCUT2D eigenvalue weighted by molar-refractivity contribution is 7.90. The molecule has 0 spiro atoms. The number of hydrogen-bond donors (Lipinski definition) is 0. The topological polar surface area (TPSA) is 96.4 Å². The predicted octanol–water partition coefficient (Wildman–Crippen LogP) is 1.03. The van der Waals surface area contributed by atoms with Gasteiger partial charge >= 0.3 is 0 Å². The summed E-state index contributed by atoms with van der Waals surface area (Å²) in [4.78, 5) is 26.8. The number of hydrogen-bond acceptors (Lipinski definition) is 7. The number of sulfone groups is 1. The third-order valence-electron chi connectivity index (χ3n) is 4.89. The summed E-state index contributed by atoms with van der Waals surface area (Å²) in [5.41, 5.74) is -0.180. The molecule has 26 heavy (non-hydrogen) atoms. The second kappa shape index (κ2) is 5.98. The molecule has 2 aromatic rings. The molecule has 1 amide bonds. The van der Waals surface area contributed by atoms with E-state index >= 15 is 0 Å². The highest BCUT2D eigenvalue weighted by Crippen LogP contribution is 2.35. The Morgan fingerprint density at radius 1 is 1.27 bits per heavy atom. The summed E-state index contributed by atoms with van der Waals surface area (Å²) in [6, 6.07) is 0.0334. The van der Waals surface area contributed by atoms with Gasteiger partial charge in [0, 0.05) is 37.6 Å². The zero-order valence-electron chi connectivity index (χ0n) is 13.8. The van der Waals surface area contributed by atoms with E-state index in [1.54, 1.807) is 4.90 Å². The van der Waals surface area contributed by atoms with Crippen LogP contribution in [0.1, 0.15) is 12.8 Å². The first-order valence-corrected chi connectivity index (χ1v) is 10.3. The van der Waals surface area contributed by atoms with Gasteiger partial charge in [0.15, 0.2) is 11.0 Å². The van der Waals surface area contributed by atoms with E-state index in [9.17, 15) is 17.6 Å². The van der Waals surface area contributed by atoms with Crippen LogP contribution in [0.3, 0.4) is 0 Å². The summed E-state index contributed by atoms with van der Waals surface area (Å²) < 4.78 is 38.4. The van der Waals surface area contributed by atoms with Gasteiger partial charge in [-0.2, -0.15) is 0 Å². The number of carbonyl (C=O) groups excluding carboxylic acids is 1. The number of piperazine rings is 1. The zero-order chi connectivity index (χ0) is 18.6. The fraction of sp³-hybridized carbons (Fsp3) is 0.467. The monoisotopic (exact) mass is 399 g/mol. The number of aromatic nitrogens is 3. The minimum Gasteiger partial charge on any atom is -0.352 e. The lowest BCUT2D eigenvalue weighted by Gasteiger charge is -2.39. The van der Waals surface area contributed by atoms with Crippen LogP contribution in [-0.2, 0) is 14.6 Å². The number of fused-ring (bicyclic) bond motifs is 3. The number of halogens is 2. The van der Waals surface area contributed by atoms with Gasteiger partial charge in [-0.15, -0.1) is 0 Å². The van der Waals surface area contributed by atoms with Crippen molar-refractivity contribution >= 4 is 44.6 Å². The first kappa shape index (κ1) is 17.3. The minimum atomic E-state index is -3.76. The number of nitrogens with zero attached hydrogens (tertiary/aromatic N) is 5. The Bertz CT molecular complexity index is 1000. The average Bonchev–Trinajstić information content (AvgIpc) is 2.84. The molecule has 2 saturated heterocycles. The van der Waals surface area contributed by atoms with Gasteiger partial charge in [-0.3, -0.25) is 4.79 Å². The first-order valence-electron chi connectivity index (χ1n) is 7.99. The van der Waals surface area contributed by atoms with Crippen molar-refractivity contribution in [1.29, 1.82) is 0 Å². The Morgan fingerprint density at radius 3 is 2.50 bits per heavy atom. The van der Waals surface area contributed by atoms with Gasteiger partial charge < -0.3 is 9.80 Å². The van der Waals surface area contributed by atoms with E-state index in [-0.39, 0.29) is 22.8 Å². The quantitative estimate of drug-likeness (QED) is 0.432. The molecular weight excluding hydrogens is 385 g/mol. The van der Waals surface area contributed by atoms with E-state index in [1.807, 2.05) is 4.90 Å². The van der Waals surface area contributed by atoms with Crippen LogP contribution in [0.2, 0.25) is 5.15 Å². The molecule has 2 aromatic heterocycles. The number of rotatable bonds is 3. The van der Waals surface area contributed by atoms with Gasteiger partial charge in [0.2, 0.25) is 21.4 Å². The molecule has 2 fully saturated rings. The van der Waals surface area contributed by atoms with E-state index in [0.29, 0.717) is 24.3 Å². The Kier molecular flexibility index (Phi) is 3.99. The van der Waals surface area contributed by atoms with E-state index in [4.69, 9.17) is 11.6 Å². The number of amides is 1. The van der Waals surface area contributed by atoms with Gasteiger partial charge in [0.05, 0.1) is 5.39 Å².